The maximum atomic E-state index is 12.6. The second kappa shape index (κ2) is 10.5. The van der Waals surface area contributed by atoms with Crippen LogP contribution in [0.4, 0.5) is 0 Å². The van der Waals surface area contributed by atoms with Gasteiger partial charge in [0.15, 0.2) is 0 Å². The molecule has 162 valence electrons. The van der Waals surface area contributed by atoms with E-state index < -0.39 is 6.04 Å². The molecule has 1 fully saturated rings. The van der Waals surface area contributed by atoms with E-state index in [1.54, 1.807) is 6.92 Å². The minimum Gasteiger partial charge on any atom is -0.507 e. The molecule has 2 aromatic rings. The number of aryl methyl sites for hydroxylation is 2. The monoisotopic (exact) mass is 431 g/mol. The zero-order valence-corrected chi connectivity index (χ0v) is 18.4. The minimum absolute atomic E-state index is 0. The second-order valence-corrected chi connectivity index (χ2v) is 7.84. The zero-order valence-electron chi connectivity index (χ0n) is 17.6. The summed E-state index contributed by atoms with van der Waals surface area (Å²) in [5, 5.41) is 19.0. The quantitative estimate of drug-likeness (QED) is 0.566. The Labute approximate surface area is 183 Å². The first-order chi connectivity index (χ1) is 13.8. The number of amides is 2. The lowest BCUT2D eigenvalue weighted by molar-refractivity contribution is -0.129. The number of benzene rings is 2. The average Bonchev–Trinajstić information content (AvgIpc) is 3.20. The van der Waals surface area contributed by atoms with Crippen LogP contribution < -0.4 is 16.0 Å². The number of phenols is 1. The lowest BCUT2D eigenvalue weighted by Gasteiger charge is -2.18. The van der Waals surface area contributed by atoms with Crippen LogP contribution in [0.1, 0.15) is 41.5 Å². The zero-order chi connectivity index (χ0) is 21.0. The predicted molar refractivity (Wildman–Crippen MR) is 120 cm³/mol. The molecule has 0 spiro atoms. The molecule has 0 saturated carbocycles. The Balaban J connectivity index is 0.00000320. The van der Waals surface area contributed by atoms with Gasteiger partial charge in [-0.1, -0.05) is 48.0 Å². The third-order valence-corrected chi connectivity index (χ3v) is 5.45. The van der Waals surface area contributed by atoms with Gasteiger partial charge in [-0.15, -0.1) is 12.4 Å². The molecule has 0 radical (unpaired) electrons. The summed E-state index contributed by atoms with van der Waals surface area (Å²) < 4.78 is 0. The standard InChI is InChI=1S/C23H29N3O3.ClH/c1-14-9-15(2)21(27)19(10-14)13-25-22(28)16(3)26-23(29)20-11-18(12-24-20)17-7-5-4-6-8-17;/h4-10,16,18,20,24,27H,11-13H2,1-3H3,(H,25,28)(H,26,29);1H/t16-,18-,20+;/m0./s1. The van der Waals surface area contributed by atoms with Gasteiger partial charge in [-0.2, -0.15) is 0 Å². The topological polar surface area (TPSA) is 90.5 Å². The van der Waals surface area contributed by atoms with Gasteiger partial charge in [-0.3, -0.25) is 9.59 Å². The molecule has 1 aliphatic heterocycles. The van der Waals surface area contributed by atoms with Gasteiger partial charge >= 0.3 is 0 Å². The second-order valence-electron chi connectivity index (χ2n) is 7.84. The van der Waals surface area contributed by atoms with Crippen molar-refractivity contribution >= 4 is 24.2 Å². The maximum Gasteiger partial charge on any atom is 0.242 e. The number of hydrogen-bond donors (Lipinski definition) is 4. The van der Waals surface area contributed by atoms with Crippen LogP contribution >= 0.6 is 12.4 Å². The molecule has 0 aliphatic carbocycles. The number of rotatable bonds is 6. The van der Waals surface area contributed by atoms with Crippen molar-refractivity contribution in [3.63, 3.8) is 0 Å². The predicted octanol–water partition coefficient (Wildman–Crippen LogP) is 2.70. The molecule has 2 amide bonds. The first-order valence-electron chi connectivity index (χ1n) is 10.0. The Kier molecular flexibility index (Phi) is 8.26. The fraction of sp³-hybridized carbons (Fsp3) is 0.391. The van der Waals surface area contributed by atoms with E-state index in [0.717, 1.165) is 17.7 Å². The summed E-state index contributed by atoms with van der Waals surface area (Å²) in [6, 6.07) is 12.9. The van der Waals surface area contributed by atoms with Gasteiger partial charge in [-0.05, 0) is 44.2 Å². The first-order valence-corrected chi connectivity index (χ1v) is 10.0. The molecular weight excluding hydrogens is 402 g/mol. The summed E-state index contributed by atoms with van der Waals surface area (Å²) in [4.78, 5) is 25.0. The van der Waals surface area contributed by atoms with Crippen LogP contribution in [0, 0.1) is 13.8 Å². The highest BCUT2D eigenvalue weighted by Gasteiger charge is 2.31. The number of aromatic hydroxyl groups is 1. The van der Waals surface area contributed by atoms with E-state index in [1.165, 1.54) is 5.56 Å². The van der Waals surface area contributed by atoms with E-state index in [2.05, 4.69) is 28.1 Å². The Morgan fingerprint density at radius 2 is 1.90 bits per heavy atom. The fourth-order valence-corrected chi connectivity index (χ4v) is 3.81. The van der Waals surface area contributed by atoms with Crippen LogP contribution in [0.25, 0.3) is 0 Å². The first kappa shape index (κ1) is 23.7. The fourth-order valence-electron chi connectivity index (χ4n) is 3.81. The number of carbonyl (C=O) groups is 2. The largest absolute Gasteiger partial charge is 0.507 e. The molecule has 1 saturated heterocycles. The third-order valence-electron chi connectivity index (χ3n) is 5.45. The van der Waals surface area contributed by atoms with Gasteiger partial charge < -0.3 is 21.1 Å². The van der Waals surface area contributed by atoms with Crippen molar-refractivity contribution in [3.8, 4) is 5.75 Å². The van der Waals surface area contributed by atoms with Gasteiger partial charge in [0.1, 0.15) is 11.8 Å². The van der Waals surface area contributed by atoms with E-state index in [9.17, 15) is 14.7 Å². The van der Waals surface area contributed by atoms with Gasteiger partial charge in [0.05, 0.1) is 6.04 Å². The van der Waals surface area contributed by atoms with Gasteiger partial charge in [-0.25, -0.2) is 0 Å². The molecule has 1 aliphatic rings. The molecule has 6 nitrogen and oxygen atoms in total. The summed E-state index contributed by atoms with van der Waals surface area (Å²) in [6.07, 6.45) is 0.709. The van der Waals surface area contributed by atoms with E-state index in [0.29, 0.717) is 17.9 Å². The van der Waals surface area contributed by atoms with E-state index in [-0.39, 0.29) is 42.6 Å². The van der Waals surface area contributed by atoms with Gasteiger partial charge in [0.2, 0.25) is 11.8 Å². The highest BCUT2D eigenvalue weighted by Crippen LogP contribution is 2.26. The van der Waals surface area contributed by atoms with Crippen molar-refractivity contribution < 1.29 is 14.7 Å². The van der Waals surface area contributed by atoms with Crippen LogP contribution in [0.5, 0.6) is 5.75 Å². The Morgan fingerprint density at radius 3 is 2.60 bits per heavy atom. The average molecular weight is 432 g/mol. The third kappa shape index (κ3) is 5.74. The molecular formula is C23H30ClN3O3. The smallest absolute Gasteiger partial charge is 0.242 e. The van der Waals surface area contributed by atoms with Crippen LogP contribution in [-0.2, 0) is 16.1 Å². The summed E-state index contributed by atoms with van der Waals surface area (Å²) in [5.74, 6) is 0.0353. The van der Waals surface area contributed by atoms with Gasteiger partial charge in [0, 0.05) is 18.7 Å². The van der Waals surface area contributed by atoms with Crippen LogP contribution in [0.3, 0.4) is 0 Å². The molecule has 0 bridgehead atoms. The Bertz CT molecular complexity index is 889. The van der Waals surface area contributed by atoms with Crippen molar-refractivity contribution in [2.75, 3.05) is 6.54 Å². The molecule has 0 aromatic heterocycles. The van der Waals surface area contributed by atoms with E-state index in [4.69, 9.17) is 0 Å². The Hall–Kier alpha value is -2.57. The summed E-state index contributed by atoms with van der Waals surface area (Å²) in [6.45, 7) is 6.39. The molecule has 1 heterocycles. The van der Waals surface area contributed by atoms with Crippen molar-refractivity contribution in [3.05, 3.63) is 64.7 Å². The number of halogens is 1. The van der Waals surface area contributed by atoms with Crippen molar-refractivity contribution in [1.29, 1.82) is 0 Å². The van der Waals surface area contributed by atoms with Crippen molar-refractivity contribution in [2.24, 2.45) is 0 Å². The number of nitrogens with one attached hydrogen (secondary N) is 3. The minimum atomic E-state index is -0.659. The number of carbonyl (C=O) groups excluding carboxylic acids is 2. The highest BCUT2D eigenvalue weighted by atomic mass is 35.5. The molecule has 3 atom stereocenters. The summed E-state index contributed by atoms with van der Waals surface area (Å²) in [7, 11) is 0. The van der Waals surface area contributed by atoms with Gasteiger partial charge in [0.25, 0.3) is 0 Å². The van der Waals surface area contributed by atoms with Crippen LogP contribution in [0.15, 0.2) is 42.5 Å². The van der Waals surface area contributed by atoms with E-state index >= 15 is 0 Å². The molecule has 0 unspecified atom stereocenters. The van der Waals surface area contributed by atoms with Crippen LogP contribution in [-0.4, -0.2) is 35.5 Å². The van der Waals surface area contributed by atoms with Crippen molar-refractivity contribution in [1.82, 2.24) is 16.0 Å². The van der Waals surface area contributed by atoms with Crippen molar-refractivity contribution in [2.45, 2.75) is 51.7 Å². The number of phenolic OH excluding ortho intramolecular Hbond substituents is 1. The lowest BCUT2D eigenvalue weighted by Crippen LogP contribution is -2.49. The van der Waals surface area contributed by atoms with E-state index in [1.807, 2.05) is 44.2 Å². The molecule has 4 N–H and O–H groups in total. The lowest BCUT2D eigenvalue weighted by atomic mass is 9.96. The normalized spacial score (nSPS) is 18.9. The maximum absolute atomic E-state index is 12.6. The molecule has 3 rings (SSSR count). The highest BCUT2D eigenvalue weighted by molar-refractivity contribution is 5.89. The summed E-state index contributed by atoms with van der Waals surface area (Å²) >= 11 is 0. The summed E-state index contributed by atoms with van der Waals surface area (Å²) in [5.41, 5.74) is 3.67. The SMILES string of the molecule is Cc1cc(C)c(O)c(CNC(=O)[C@H](C)NC(=O)[C@H]2C[C@H](c3ccccc3)CN2)c1.Cl. The molecule has 2 aromatic carbocycles. The Morgan fingerprint density at radius 1 is 1.20 bits per heavy atom. The molecule has 30 heavy (non-hydrogen) atoms. The number of hydrogen-bond acceptors (Lipinski definition) is 4. The molecule has 7 heteroatoms. The van der Waals surface area contributed by atoms with Crippen LogP contribution in [0.2, 0.25) is 0 Å².